The molecule has 1 aliphatic heterocycles. The molecule has 0 atom stereocenters. The maximum atomic E-state index is 11.8. The predicted molar refractivity (Wildman–Crippen MR) is 71.9 cm³/mol. The molecule has 2 rings (SSSR count). The van der Waals surface area contributed by atoms with E-state index in [-0.39, 0.29) is 17.1 Å². The van der Waals surface area contributed by atoms with Crippen LogP contribution in [0.2, 0.25) is 10.0 Å². The number of urea groups is 1. The second-order valence-corrected chi connectivity index (χ2v) is 4.82. The molecule has 8 heteroatoms. The third-order valence-corrected chi connectivity index (χ3v) is 3.20. The molecule has 6 nitrogen and oxygen atoms in total. The molecule has 0 aromatic heterocycles. The van der Waals surface area contributed by atoms with Crippen LogP contribution in [-0.4, -0.2) is 42.5 Å². The van der Waals surface area contributed by atoms with E-state index in [0.29, 0.717) is 11.6 Å². The number of carbonyl (C=O) groups excluding carboxylic acids is 3. The van der Waals surface area contributed by atoms with Crippen molar-refractivity contribution < 1.29 is 19.1 Å². The van der Waals surface area contributed by atoms with Gasteiger partial charge in [0.1, 0.15) is 0 Å². The number of halogens is 2. The Hall–Kier alpha value is -1.79. The summed E-state index contributed by atoms with van der Waals surface area (Å²) >= 11 is 11.6. The van der Waals surface area contributed by atoms with Crippen LogP contribution in [0.3, 0.4) is 0 Å². The van der Waals surface area contributed by atoms with E-state index < -0.39 is 24.5 Å². The van der Waals surface area contributed by atoms with Crippen LogP contribution < -0.4 is 5.32 Å². The molecule has 1 heterocycles. The molecule has 3 amide bonds. The van der Waals surface area contributed by atoms with Gasteiger partial charge in [-0.05, 0) is 18.2 Å². The number of nitrogens with zero attached hydrogens (tertiary/aromatic N) is 1. The molecule has 20 heavy (non-hydrogen) atoms. The van der Waals surface area contributed by atoms with Gasteiger partial charge >= 0.3 is 12.0 Å². The van der Waals surface area contributed by atoms with Crippen molar-refractivity contribution in [3.8, 4) is 0 Å². The number of benzene rings is 1. The lowest BCUT2D eigenvalue weighted by molar-refractivity contribution is -0.130. The normalized spacial score (nSPS) is 14.1. The Balaban J connectivity index is 1.97. The fraction of sp³-hybridized carbons (Fsp3) is 0.250. The van der Waals surface area contributed by atoms with Gasteiger partial charge in [-0.1, -0.05) is 23.2 Å². The lowest BCUT2D eigenvalue weighted by Crippen LogP contribution is -2.37. The van der Waals surface area contributed by atoms with Gasteiger partial charge < -0.3 is 10.1 Å². The molecular weight excluding hydrogens is 307 g/mol. The minimum atomic E-state index is -0.773. The number of ether oxygens (including phenoxy) is 1. The van der Waals surface area contributed by atoms with Crippen molar-refractivity contribution in [2.75, 3.05) is 19.7 Å². The molecule has 1 aromatic carbocycles. The summed E-state index contributed by atoms with van der Waals surface area (Å²) in [4.78, 5) is 35.7. The van der Waals surface area contributed by atoms with Gasteiger partial charge in [-0.25, -0.2) is 9.59 Å². The highest BCUT2D eigenvalue weighted by atomic mass is 35.5. The SMILES string of the molecule is O=C(OCC(=O)N1CCNC1=O)c1cc(Cl)ccc1Cl. The zero-order valence-electron chi connectivity index (χ0n) is 10.2. The molecule has 1 N–H and O–H groups in total. The van der Waals surface area contributed by atoms with Gasteiger partial charge in [-0.2, -0.15) is 0 Å². The predicted octanol–water partition coefficient (Wildman–Crippen LogP) is 1.70. The molecule has 106 valence electrons. The Bertz CT molecular complexity index is 577. The average Bonchev–Trinajstić information content (AvgIpc) is 2.84. The first kappa shape index (κ1) is 14.6. The van der Waals surface area contributed by atoms with E-state index in [1.54, 1.807) is 0 Å². The van der Waals surface area contributed by atoms with E-state index in [1.165, 1.54) is 18.2 Å². The molecule has 1 aliphatic rings. The van der Waals surface area contributed by atoms with Crippen molar-refractivity contribution in [3.63, 3.8) is 0 Å². The quantitative estimate of drug-likeness (QED) is 0.861. The van der Waals surface area contributed by atoms with Crippen LogP contribution >= 0.6 is 23.2 Å². The van der Waals surface area contributed by atoms with Gasteiger partial charge in [0, 0.05) is 18.1 Å². The molecule has 0 bridgehead atoms. The molecule has 0 aliphatic carbocycles. The first-order valence-corrected chi connectivity index (χ1v) is 6.45. The van der Waals surface area contributed by atoms with Crippen molar-refractivity contribution in [2.24, 2.45) is 0 Å². The summed E-state index contributed by atoms with van der Waals surface area (Å²) < 4.78 is 4.83. The Morgan fingerprint density at radius 2 is 2.10 bits per heavy atom. The van der Waals surface area contributed by atoms with Crippen molar-refractivity contribution in [2.45, 2.75) is 0 Å². The maximum absolute atomic E-state index is 11.8. The Kier molecular flexibility index (Phi) is 4.46. The highest BCUT2D eigenvalue weighted by Crippen LogP contribution is 2.21. The van der Waals surface area contributed by atoms with Gasteiger partial charge in [0.2, 0.25) is 0 Å². The first-order valence-electron chi connectivity index (χ1n) is 5.69. The van der Waals surface area contributed by atoms with E-state index in [9.17, 15) is 14.4 Å². The zero-order chi connectivity index (χ0) is 14.7. The average molecular weight is 317 g/mol. The van der Waals surface area contributed by atoms with Crippen molar-refractivity contribution in [1.82, 2.24) is 10.2 Å². The summed E-state index contributed by atoms with van der Waals surface area (Å²) in [5.41, 5.74) is 0.0674. The fourth-order valence-electron chi connectivity index (χ4n) is 1.65. The first-order chi connectivity index (χ1) is 9.49. The number of carbonyl (C=O) groups is 3. The van der Waals surface area contributed by atoms with Crippen molar-refractivity contribution in [1.29, 1.82) is 0 Å². The van der Waals surface area contributed by atoms with Crippen molar-refractivity contribution >= 4 is 41.1 Å². The second kappa shape index (κ2) is 6.11. The Morgan fingerprint density at radius 1 is 1.35 bits per heavy atom. The lowest BCUT2D eigenvalue weighted by Gasteiger charge is -2.12. The van der Waals surface area contributed by atoms with Crippen LogP contribution in [-0.2, 0) is 9.53 Å². The number of imide groups is 1. The highest BCUT2D eigenvalue weighted by Gasteiger charge is 2.27. The minimum absolute atomic E-state index is 0.0674. The number of esters is 1. The zero-order valence-corrected chi connectivity index (χ0v) is 11.7. The molecule has 0 spiro atoms. The third-order valence-electron chi connectivity index (χ3n) is 2.63. The van der Waals surface area contributed by atoms with Gasteiger partial charge in [-0.3, -0.25) is 9.69 Å². The molecule has 1 aromatic rings. The fourth-order valence-corrected chi connectivity index (χ4v) is 2.01. The standard InChI is InChI=1S/C12H10Cl2N2O4/c13-7-1-2-9(14)8(5-7)11(18)20-6-10(17)16-4-3-15-12(16)19/h1-2,5H,3-4,6H2,(H,15,19). The number of rotatable bonds is 3. The number of hydrogen-bond acceptors (Lipinski definition) is 4. The minimum Gasteiger partial charge on any atom is -0.452 e. The number of hydrogen-bond donors (Lipinski definition) is 1. The van der Waals surface area contributed by atoms with E-state index >= 15 is 0 Å². The van der Waals surface area contributed by atoms with E-state index in [2.05, 4.69) is 5.32 Å². The van der Waals surface area contributed by atoms with E-state index in [4.69, 9.17) is 27.9 Å². The van der Waals surface area contributed by atoms with Crippen LogP contribution in [0.15, 0.2) is 18.2 Å². The van der Waals surface area contributed by atoms with Gasteiger partial charge in [0.25, 0.3) is 5.91 Å². The summed E-state index contributed by atoms with van der Waals surface area (Å²) in [6.07, 6.45) is 0. The second-order valence-electron chi connectivity index (χ2n) is 3.98. The van der Waals surface area contributed by atoms with Crippen LogP contribution in [0.4, 0.5) is 4.79 Å². The summed E-state index contributed by atoms with van der Waals surface area (Å²) in [5.74, 6) is -1.36. The monoisotopic (exact) mass is 316 g/mol. The highest BCUT2D eigenvalue weighted by molar-refractivity contribution is 6.35. The van der Waals surface area contributed by atoms with Crippen LogP contribution in [0.25, 0.3) is 0 Å². The lowest BCUT2D eigenvalue weighted by atomic mass is 10.2. The van der Waals surface area contributed by atoms with Crippen LogP contribution in [0.1, 0.15) is 10.4 Å². The number of nitrogens with one attached hydrogen (secondary N) is 1. The van der Waals surface area contributed by atoms with Gasteiger partial charge in [0.15, 0.2) is 6.61 Å². The smallest absolute Gasteiger partial charge is 0.340 e. The van der Waals surface area contributed by atoms with Crippen LogP contribution in [0, 0.1) is 0 Å². The Morgan fingerprint density at radius 3 is 2.75 bits per heavy atom. The molecule has 1 saturated heterocycles. The van der Waals surface area contributed by atoms with Gasteiger partial charge in [-0.15, -0.1) is 0 Å². The van der Waals surface area contributed by atoms with Crippen molar-refractivity contribution in [3.05, 3.63) is 33.8 Å². The van der Waals surface area contributed by atoms with Crippen LogP contribution in [0.5, 0.6) is 0 Å². The summed E-state index contributed by atoms with van der Waals surface area (Å²) in [6.45, 7) is 0.112. The van der Waals surface area contributed by atoms with E-state index in [0.717, 1.165) is 4.90 Å². The molecular formula is C12H10Cl2N2O4. The third kappa shape index (κ3) is 3.20. The molecule has 0 radical (unpaired) electrons. The van der Waals surface area contributed by atoms with E-state index in [1.807, 2.05) is 0 Å². The summed E-state index contributed by atoms with van der Waals surface area (Å²) in [7, 11) is 0. The largest absolute Gasteiger partial charge is 0.452 e. The number of amides is 3. The topological polar surface area (TPSA) is 75.7 Å². The molecule has 1 fully saturated rings. The molecule has 0 unspecified atom stereocenters. The summed E-state index contributed by atoms with van der Waals surface area (Å²) in [5, 5.41) is 2.97. The summed E-state index contributed by atoms with van der Waals surface area (Å²) in [6, 6.07) is 3.84. The maximum Gasteiger partial charge on any atom is 0.340 e. The molecule has 0 saturated carbocycles. The Labute approximate surface area is 124 Å². The van der Waals surface area contributed by atoms with Gasteiger partial charge in [0.05, 0.1) is 10.6 Å².